The van der Waals surface area contributed by atoms with Crippen molar-refractivity contribution in [1.82, 2.24) is 0 Å². The Kier molecular flexibility index (Phi) is 6.60. The van der Waals surface area contributed by atoms with Gasteiger partial charge in [0.05, 0.1) is 20.6 Å². The molecule has 0 fully saturated rings. The van der Waals surface area contributed by atoms with Gasteiger partial charge in [0.2, 0.25) is 11.8 Å². The molecule has 0 radical (unpaired) electrons. The maximum absolute atomic E-state index is 12.2. The lowest BCUT2D eigenvalue weighted by molar-refractivity contribution is -0.119. The van der Waals surface area contributed by atoms with Crippen LogP contribution in [-0.2, 0) is 16.0 Å². The highest BCUT2D eigenvalue weighted by atomic mass is 16.5. The molecule has 2 amide bonds. The van der Waals surface area contributed by atoms with Crippen molar-refractivity contribution in [1.29, 1.82) is 0 Å². The predicted molar refractivity (Wildman–Crippen MR) is 102 cm³/mol. The summed E-state index contributed by atoms with van der Waals surface area (Å²) in [7, 11) is 3.12. The Morgan fingerprint density at radius 3 is 2.00 bits per heavy atom. The van der Waals surface area contributed by atoms with E-state index in [0.29, 0.717) is 22.9 Å². The quantitative estimate of drug-likeness (QED) is 0.796. The van der Waals surface area contributed by atoms with Gasteiger partial charge in [0.1, 0.15) is 0 Å². The second-order valence-electron chi connectivity index (χ2n) is 6.14. The molecule has 2 rings (SSSR count). The van der Waals surface area contributed by atoms with Crippen molar-refractivity contribution in [3.63, 3.8) is 0 Å². The Morgan fingerprint density at radius 2 is 1.46 bits per heavy atom. The summed E-state index contributed by atoms with van der Waals surface area (Å²) in [6.07, 6.45) is 0.214. The first-order valence-electron chi connectivity index (χ1n) is 8.34. The fourth-order valence-corrected chi connectivity index (χ4v) is 2.30. The topological polar surface area (TPSA) is 76.7 Å². The summed E-state index contributed by atoms with van der Waals surface area (Å²) in [4.78, 5) is 23.9. The zero-order chi connectivity index (χ0) is 19.1. The van der Waals surface area contributed by atoms with E-state index in [2.05, 4.69) is 10.6 Å². The van der Waals surface area contributed by atoms with Crippen molar-refractivity contribution in [3.05, 3.63) is 48.0 Å². The largest absolute Gasteiger partial charge is 0.493 e. The van der Waals surface area contributed by atoms with Crippen LogP contribution in [0.15, 0.2) is 42.5 Å². The van der Waals surface area contributed by atoms with Gasteiger partial charge in [0, 0.05) is 17.3 Å². The van der Waals surface area contributed by atoms with Crippen molar-refractivity contribution in [2.75, 3.05) is 24.9 Å². The summed E-state index contributed by atoms with van der Waals surface area (Å²) in [5.74, 6) is 0.932. The van der Waals surface area contributed by atoms with Gasteiger partial charge < -0.3 is 20.1 Å². The summed E-state index contributed by atoms with van der Waals surface area (Å²) in [5, 5.41) is 5.64. The number of hydrogen-bond donors (Lipinski definition) is 2. The summed E-state index contributed by atoms with van der Waals surface area (Å²) in [5.41, 5.74) is 2.18. The molecule has 0 aliphatic carbocycles. The Labute approximate surface area is 153 Å². The molecular weight excluding hydrogens is 332 g/mol. The number of rotatable bonds is 7. The van der Waals surface area contributed by atoms with Crippen molar-refractivity contribution in [2.45, 2.75) is 20.3 Å². The van der Waals surface area contributed by atoms with E-state index < -0.39 is 0 Å². The van der Waals surface area contributed by atoms with Crippen LogP contribution in [0.2, 0.25) is 0 Å². The summed E-state index contributed by atoms with van der Waals surface area (Å²) in [6, 6.07) is 12.4. The Morgan fingerprint density at radius 1 is 0.885 bits per heavy atom. The third kappa shape index (κ3) is 5.24. The average molecular weight is 356 g/mol. The molecule has 6 heteroatoms. The lowest BCUT2D eigenvalue weighted by Gasteiger charge is -2.11. The summed E-state index contributed by atoms with van der Waals surface area (Å²) < 4.78 is 10.4. The zero-order valence-corrected chi connectivity index (χ0v) is 15.5. The number of methoxy groups -OCH3 is 2. The van der Waals surface area contributed by atoms with Crippen LogP contribution in [-0.4, -0.2) is 26.0 Å². The van der Waals surface area contributed by atoms with Crippen LogP contribution in [0.5, 0.6) is 11.5 Å². The smallest absolute Gasteiger partial charge is 0.228 e. The van der Waals surface area contributed by atoms with E-state index in [4.69, 9.17) is 9.47 Å². The van der Waals surface area contributed by atoms with Gasteiger partial charge in [-0.3, -0.25) is 9.59 Å². The van der Waals surface area contributed by atoms with Gasteiger partial charge in [-0.15, -0.1) is 0 Å². The molecule has 0 saturated heterocycles. The molecule has 2 aromatic rings. The molecule has 0 bridgehead atoms. The summed E-state index contributed by atoms with van der Waals surface area (Å²) in [6.45, 7) is 3.66. The van der Waals surface area contributed by atoms with Crippen molar-refractivity contribution in [2.24, 2.45) is 5.92 Å². The maximum Gasteiger partial charge on any atom is 0.228 e. The monoisotopic (exact) mass is 356 g/mol. The van der Waals surface area contributed by atoms with E-state index in [1.165, 1.54) is 0 Å². The number of carbonyl (C=O) groups is 2. The van der Waals surface area contributed by atoms with Crippen LogP contribution in [0.25, 0.3) is 0 Å². The normalized spacial score (nSPS) is 10.3. The third-order valence-electron chi connectivity index (χ3n) is 3.77. The SMILES string of the molecule is COc1ccc(CC(=O)Nc2ccc(NC(=O)C(C)C)cc2)cc1OC. The zero-order valence-electron chi connectivity index (χ0n) is 15.5. The fraction of sp³-hybridized carbons (Fsp3) is 0.300. The molecular formula is C20H24N2O4. The Hall–Kier alpha value is -3.02. The number of amides is 2. The minimum absolute atomic E-state index is 0.0461. The standard InChI is InChI=1S/C20H24N2O4/c1-13(2)20(24)22-16-8-6-15(7-9-16)21-19(23)12-14-5-10-17(25-3)18(11-14)26-4/h5-11,13H,12H2,1-4H3,(H,21,23)(H,22,24). The van der Waals surface area contributed by atoms with Crippen LogP contribution in [0, 0.1) is 5.92 Å². The molecule has 0 atom stereocenters. The van der Waals surface area contributed by atoms with Crippen LogP contribution in [0.1, 0.15) is 19.4 Å². The highest BCUT2D eigenvalue weighted by Crippen LogP contribution is 2.27. The molecule has 0 aliphatic heterocycles. The Bertz CT molecular complexity index is 770. The minimum atomic E-state index is -0.142. The van der Waals surface area contributed by atoms with E-state index in [1.807, 2.05) is 19.9 Å². The molecule has 0 spiro atoms. The molecule has 6 nitrogen and oxygen atoms in total. The lowest BCUT2D eigenvalue weighted by Crippen LogP contribution is -2.18. The first-order valence-corrected chi connectivity index (χ1v) is 8.34. The van der Waals surface area contributed by atoms with Gasteiger partial charge in [-0.1, -0.05) is 19.9 Å². The molecule has 0 saturated carbocycles. The van der Waals surface area contributed by atoms with E-state index in [0.717, 1.165) is 5.56 Å². The van der Waals surface area contributed by atoms with Gasteiger partial charge in [-0.25, -0.2) is 0 Å². The van der Waals surface area contributed by atoms with Crippen molar-refractivity contribution >= 4 is 23.2 Å². The number of ether oxygens (including phenoxy) is 2. The van der Waals surface area contributed by atoms with Gasteiger partial charge in [0.15, 0.2) is 11.5 Å². The first kappa shape index (κ1) is 19.3. The third-order valence-corrected chi connectivity index (χ3v) is 3.77. The van der Waals surface area contributed by atoms with Crippen molar-refractivity contribution in [3.8, 4) is 11.5 Å². The number of anilines is 2. The van der Waals surface area contributed by atoms with Crippen LogP contribution < -0.4 is 20.1 Å². The molecule has 138 valence electrons. The molecule has 0 unspecified atom stereocenters. The second kappa shape index (κ2) is 8.89. The number of carbonyl (C=O) groups excluding carboxylic acids is 2. The molecule has 2 N–H and O–H groups in total. The van der Waals surface area contributed by atoms with E-state index in [-0.39, 0.29) is 24.2 Å². The highest BCUT2D eigenvalue weighted by Gasteiger charge is 2.10. The maximum atomic E-state index is 12.2. The fourth-order valence-electron chi connectivity index (χ4n) is 2.30. The number of benzene rings is 2. The molecule has 0 aliphatic rings. The van der Waals surface area contributed by atoms with Crippen LogP contribution >= 0.6 is 0 Å². The van der Waals surface area contributed by atoms with E-state index in [9.17, 15) is 9.59 Å². The van der Waals surface area contributed by atoms with Gasteiger partial charge >= 0.3 is 0 Å². The number of hydrogen-bond acceptors (Lipinski definition) is 4. The highest BCUT2D eigenvalue weighted by molar-refractivity contribution is 5.94. The van der Waals surface area contributed by atoms with Gasteiger partial charge in [-0.05, 0) is 42.0 Å². The number of nitrogens with one attached hydrogen (secondary N) is 2. The molecule has 0 heterocycles. The summed E-state index contributed by atoms with van der Waals surface area (Å²) >= 11 is 0. The lowest BCUT2D eigenvalue weighted by atomic mass is 10.1. The second-order valence-corrected chi connectivity index (χ2v) is 6.14. The molecule has 0 aromatic heterocycles. The first-order chi connectivity index (χ1) is 12.4. The van der Waals surface area contributed by atoms with Crippen molar-refractivity contribution < 1.29 is 19.1 Å². The van der Waals surface area contributed by atoms with E-state index >= 15 is 0 Å². The van der Waals surface area contributed by atoms with Gasteiger partial charge in [-0.2, -0.15) is 0 Å². The van der Waals surface area contributed by atoms with Crippen LogP contribution in [0.3, 0.4) is 0 Å². The predicted octanol–water partition coefficient (Wildman–Crippen LogP) is 3.48. The van der Waals surface area contributed by atoms with Gasteiger partial charge in [0.25, 0.3) is 0 Å². The minimum Gasteiger partial charge on any atom is -0.493 e. The molecule has 26 heavy (non-hydrogen) atoms. The van der Waals surface area contributed by atoms with Crippen LogP contribution in [0.4, 0.5) is 11.4 Å². The van der Waals surface area contributed by atoms with E-state index in [1.54, 1.807) is 50.6 Å². The average Bonchev–Trinajstić information content (AvgIpc) is 2.63. The molecule has 2 aromatic carbocycles. The Balaban J connectivity index is 1.96.